The number of rotatable bonds is 3. The molecule has 0 aliphatic heterocycles. The third-order valence-electron chi connectivity index (χ3n) is 4.06. The molecule has 2 fully saturated rings. The van der Waals surface area contributed by atoms with Gasteiger partial charge in [-0.05, 0) is 19.3 Å². The normalized spacial score (nSPS) is 29.9. The van der Waals surface area contributed by atoms with Crippen molar-refractivity contribution >= 4 is 5.78 Å². The second-order valence-electron chi connectivity index (χ2n) is 5.06. The summed E-state index contributed by atoms with van der Waals surface area (Å²) in [6.45, 7) is 2.94. The van der Waals surface area contributed by atoms with Gasteiger partial charge in [-0.2, -0.15) is 0 Å². The molecule has 0 aromatic carbocycles. The Kier molecular flexibility index (Phi) is 3.45. The molecule has 0 radical (unpaired) electrons. The highest BCUT2D eigenvalue weighted by atomic mass is 16.5. The number of carbonyl (C=O) groups is 1. The number of ketones is 1. The SMILES string of the molecule is CCCOC1CC(=O)C12CCCCCC2. The summed E-state index contributed by atoms with van der Waals surface area (Å²) in [5.74, 6) is 0.477. The maximum atomic E-state index is 11.9. The van der Waals surface area contributed by atoms with Crippen molar-refractivity contribution in [3.63, 3.8) is 0 Å². The molecule has 86 valence electrons. The van der Waals surface area contributed by atoms with Crippen molar-refractivity contribution in [3.8, 4) is 0 Å². The second kappa shape index (κ2) is 4.65. The predicted octanol–water partition coefficient (Wildman–Crippen LogP) is 3.10. The molecule has 1 spiro atoms. The van der Waals surface area contributed by atoms with E-state index < -0.39 is 0 Å². The molecule has 0 bridgehead atoms. The molecule has 2 rings (SSSR count). The largest absolute Gasteiger partial charge is 0.377 e. The van der Waals surface area contributed by atoms with Gasteiger partial charge in [0.05, 0.1) is 11.5 Å². The zero-order valence-electron chi connectivity index (χ0n) is 9.76. The number of hydrogen-bond acceptors (Lipinski definition) is 2. The lowest BCUT2D eigenvalue weighted by Gasteiger charge is -2.47. The highest BCUT2D eigenvalue weighted by Gasteiger charge is 2.54. The molecule has 2 nitrogen and oxygen atoms in total. The molecule has 1 atom stereocenters. The predicted molar refractivity (Wildman–Crippen MR) is 59.8 cm³/mol. The molecule has 0 aromatic rings. The van der Waals surface area contributed by atoms with E-state index in [2.05, 4.69) is 6.92 Å². The first-order valence-electron chi connectivity index (χ1n) is 6.44. The molecule has 0 N–H and O–H groups in total. The fourth-order valence-electron chi connectivity index (χ4n) is 3.05. The topological polar surface area (TPSA) is 26.3 Å². The van der Waals surface area contributed by atoms with E-state index in [4.69, 9.17) is 4.74 Å². The summed E-state index contributed by atoms with van der Waals surface area (Å²) in [7, 11) is 0. The first kappa shape index (κ1) is 11.1. The van der Waals surface area contributed by atoms with Gasteiger partial charge in [0.1, 0.15) is 5.78 Å². The highest BCUT2D eigenvalue weighted by Crippen LogP contribution is 2.49. The minimum Gasteiger partial charge on any atom is -0.377 e. The molecule has 1 unspecified atom stereocenters. The third kappa shape index (κ3) is 1.96. The Bertz CT molecular complexity index is 227. The standard InChI is InChI=1S/C13H22O2/c1-2-9-15-12-10-11(14)13(12)7-5-3-4-6-8-13/h12H,2-10H2,1H3. The molecule has 2 aliphatic rings. The second-order valence-corrected chi connectivity index (χ2v) is 5.06. The van der Waals surface area contributed by atoms with Gasteiger partial charge >= 0.3 is 0 Å². The van der Waals surface area contributed by atoms with Gasteiger partial charge in [0.2, 0.25) is 0 Å². The van der Waals surface area contributed by atoms with Crippen molar-refractivity contribution in [1.82, 2.24) is 0 Å². The van der Waals surface area contributed by atoms with E-state index in [0.717, 1.165) is 25.9 Å². The van der Waals surface area contributed by atoms with Gasteiger partial charge in [-0.3, -0.25) is 4.79 Å². The Morgan fingerprint density at radius 3 is 2.47 bits per heavy atom. The summed E-state index contributed by atoms with van der Waals surface area (Å²) < 4.78 is 5.83. The van der Waals surface area contributed by atoms with Gasteiger partial charge in [0.25, 0.3) is 0 Å². The first-order valence-corrected chi connectivity index (χ1v) is 6.44. The molecule has 0 aromatic heterocycles. The van der Waals surface area contributed by atoms with Crippen LogP contribution in [0.15, 0.2) is 0 Å². The van der Waals surface area contributed by atoms with E-state index in [1.807, 2.05) is 0 Å². The minimum atomic E-state index is -0.0499. The molecule has 0 heterocycles. The van der Waals surface area contributed by atoms with Crippen molar-refractivity contribution in [1.29, 1.82) is 0 Å². The Morgan fingerprint density at radius 1 is 1.27 bits per heavy atom. The fraction of sp³-hybridized carbons (Fsp3) is 0.923. The summed E-state index contributed by atoms with van der Waals surface area (Å²) >= 11 is 0. The monoisotopic (exact) mass is 210 g/mol. The lowest BCUT2D eigenvalue weighted by molar-refractivity contribution is -0.166. The first-order chi connectivity index (χ1) is 7.29. The minimum absolute atomic E-state index is 0.0499. The molecule has 0 saturated heterocycles. The van der Waals surface area contributed by atoms with E-state index in [0.29, 0.717) is 12.2 Å². The smallest absolute Gasteiger partial charge is 0.144 e. The van der Waals surface area contributed by atoms with E-state index in [1.165, 1.54) is 25.7 Å². The van der Waals surface area contributed by atoms with Crippen LogP contribution in [-0.2, 0) is 9.53 Å². The summed E-state index contributed by atoms with van der Waals surface area (Å²) in [6, 6.07) is 0. The highest BCUT2D eigenvalue weighted by molar-refractivity contribution is 5.92. The van der Waals surface area contributed by atoms with Crippen LogP contribution in [0.25, 0.3) is 0 Å². The fourth-order valence-corrected chi connectivity index (χ4v) is 3.05. The van der Waals surface area contributed by atoms with Crippen molar-refractivity contribution in [2.75, 3.05) is 6.61 Å². The van der Waals surface area contributed by atoms with E-state index in [1.54, 1.807) is 0 Å². The lowest BCUT2D eigenvalue weighted by Crippen LogP contribution is -2.55. The van der Waals surface area contributed by atoms with Crippen LogP contribution >= 0.6 is 0 Å². The Morgan fingerprint density at radius 2 is 1.93 bits per heavy atom. The van der Waals surface area contributed by atoms with E-state index >= 15 is 0 Å². The summed E-state index contributed by atoms with van der Waals surface area (Å²) in [4.78, 5) is 11.9. The van der Waals surface area contributed by atoms with Gasteiger partial charge < -0.3 is 4.74 Å². The molecular weight excluding hydrogens is 188 g/mol. The zero-order chi connectivity index (χ0) is 10.7. The molecule has 15 heavy (non-hydrogen) atoms. The Hall–Kier alpha value is -0.370. The van der Waals surface area contributed by atoms with Crippen LogP contribution in [0, 0.1) is 5.41 Å². The Labute approximate surface area is 92.4 Å². The van der Waals surface area contributed by atoms with Crippen LogP contribution < -0.4 is 0 Å². The maximum Gasteiger partial charge on any atom is 0.144 e. The lowest BCUT2D eigenvalue weighted by atomic mass is 9.60. The average molecular weight is 210 g/mol. The van der Waals surface area contributed by atoms with Crippen molar-refractivity contribution in [2.45, 2.75) is 64.4 Å². The Balaban J connectivity index is 1.98. The molecule has 0 amide bonds. The number of ether oxygens (including phenoxy) is 1. The van der Waals surface area contributed by atoms with Gasteiger partial charge in [-0.1, -0.05) is 32.6 Å². The van der Waals surface area contributed by atoms with E-state index in [9.17, 15) is 4.79 Å². The van der Waals surface area contributed by atoms with Crippen LogP contribution in [-0.4, -0.2) is 18.5 Å². The van der Waals surface area contributed by atoms with Crippen LogP contribution in [0.4, 0.5) is 0 Å². The van der Waals surface area contributed by atoms with Crippen LogP contribution in [0.1, 0.15) is 58.3 Å². The third-order valence-corrected chi connectivity index (χ3v) is 4.06. The van der Waals surface area contributed by atoms with E-state index in [-0.39, 0.29) is 11.5 Å². The van der Waals surface area contributed by atoms with Gasteiger partial charge in [-0.15, -0.1) is 0 Å². The number of Topliss-reactive ketones (excluding diaryl/α,β-unsaturated/α-hetero) is 1. The van der Waals surface area contributed by atoms with Crippen molar-refractivity contribution in [2.24, 2.45) is 5.41 Å². The van der Waals surface area contributed by atoms with Crippen molar-refractivity contribution < 1.29 is 9.53 Å². The summed E-state index contributed by atoms with van der Waals surface area (Å²) in [5, 5.41) is 0. The maximum absolute atomic E-state index is 11.9. The molecule has 2 saturated carbocycles. The quantitative estimate of drug-likeness (QED) is 0.715. The average Bonchev–Trinajstić information content (AvgIpc) is 2.51. The van der Waals surface area contributed by atoms with Gasteiger partial charge in [-0.25, -0.2) is 0 Å². The summed E-state index contributed by atoms with van der Waals surface area (Å²) in [6.07, 6.45) is 9.20. The molecule has 2 aliphatic carbocycles. The summed E-state index contributed by atoms with van der Waals surface area (Å²) in [5.41, 5.74) is -0.0499. The van der Waals surface area contributed by atoms with Gasteiger partial charge in [0.15, 0.2) is 0 Å². The van der Waals surface area contributed by atoms with Gasteiger partial charge in [0, 0.05) is 13.0 Å². The number of hydrogen-bond donors (Lipinski definition) is 0. The van der Waals surface area contributed by atoms with Crippen molar-refractivity contribution in [3.05, 3.63) is 0 Å². The van der Waals surface area contributed by atoms with Crippen LogP contribution in [0.5, 0.6) is 0 Å². The molecular formula is C13H22O2. The molecule has 2 heteroatoms. The van der Waals surface area contributed by atoms with Crippen LogP contribution in [0.2, 0.25) is 0 Å². The van der Waals surface area contributed by atoms with Crippen LogP contribution in [0.3, 0.4) is 0 Å². The number of carbonyl (C=O) groups excluding carboxylic acids is 1. The zero-order valence-corrected chi connectivity index (χ0v) is 9.76.